The molecular formula is C32H34F9N6O9PS. The maximum absolute atomic E-state index is 14.2. The number of amides is 2. The molecule has 2 aliphatic rings. The molecule has 0 aliphatic carbocycles. The fraction of sp³-hybridized carbons (Fsp3) is 0.562. The van der Waals surface area contributed by atoms with Crippen molar-refractivity contribution in [3.63, 3.8) is 0 Å². The normalized spacial score (nSPS) is 19.6. The van der Waals surface area contributed by atoms with Gasteiger partial charge >= 0.3 is 30.5 Å². The number of hydrogen-bond acceptors (Lipinski definition) is 12. The number of rotatable bonds is 18. The minimum atomic E-state index is -5.51. The van der Waals surface area contributed by atoms with E-state index in [-0.39, 0.29) is 56.1 Å². The van der Waals surface area contributed by atoms with Crippen LogP contribution in [0.5, 0.6) is 17.2 Å². The van der Waals surface area contributed by atoms with Gasteiger partial charge in [-0.25, -0.2) is 11.5 Å². The molecule has 320 valence electrons. The average Bonchev–Trinajstić information content (AvgIpc) is 3.55. The summed E-state index contributed by atoms with van der Waals surface area (Å²) in [6.45, 7) is 6.22. The molecule has 0 saturated carbocycles. The first-order chi connectivity index (χ1) is 28.1. The van der Waals surface area contributed by atoms with Crippen LogP contribution in [0.15, 0.2) is 29.4 Å². The molecule has 26 heteroatoms. The molecule has 0 radical (unpaired) electrons. The highest BCUT2D eigenvalue weighted by Crippen LogP contribution is 2.52. The summed E-state index contributed by atoms with van der Waals surface area (Å²) in [5, 5.41) is 0. The molecule has 4 rings (SSSR count). The van der Waals surface area contributed by atoms with E-state index in [4.69, 9.17) is 49.5 Å². The molecule has 15 nitrogen and oxygen atoms in total. The van der Waals surface area contributed by atoms with Crippen LogP contribution in [-0.4, -0.2) is 123 Å². The topological polar surface area (TPSA) is 140 Å². The Kier molecular flexibility index (Phi) is 15.0. The molecule has 1 aromatic carbocycles. The van der Waals surface area contributed by atoms with Crippen molar-refractivity contribution in [3.05, 3.63) is 40.6 Å². The molecule has 0 N–H and O–H groups in total. The lowest BCUT2D eigenvalue weighted by atomic mass is 10.2. The van der Waals surface area contributed by atoms with Crippen molar-refractivity contribution < 1.29 is 84.6 Å². The van der Waals surface area contributed by atoms with E-state index in [1.807, 2.05) is 0 Å². The van der Waals surface area contributed by atoms with Gasteiger partial charge in [0.05, 0.1) is 28.3 Å². The van der Waals surface area contributed by atoms with Crippen molar-refractivity contribution in [3.8, 4) is 17.2 Å². The zero-order chi connectivity index (χ0) is 44.4. The summed E-state index contributed by atoms with van der Waals surface area (Å²) in [4.78, 5) is 36.1. The van der Waals surface area contributed by atoms with Gasteiger partial charge in [-0.2, -0.15) is 31.3 Å². The number of ether oxygens (including phenoxy) is 5. The number of carbonyl (C=O) groups is 2. The van der Waals surface area contributed by atoms with Gasteiger partial charge in [0.25, 0.3) is 0 Å². The molecule has 1 aromatic heterocycles. The van der Waals surface area contributed by atoms with Crippen molar-refractivity contribution in [2.75, 3.05) is 64.6 Å². The summed E-state index contributed by atoms with van der Waals surface area (Å²) < 4.78 is 172. The fourth-order valence-electron chi connectivity index (χ4n) is 5.45. The van der Waals surface area contributed by atoms with E-state index >= 15 is 0 Å². The summed E-state index contributed by atoms with van der Waals surface area (Å²) in [7, 11) is -3.23. The third-order valence-electron chi connectivity index (χ3n) is 7.81. The minimum Gasteiger partial charge on any atom is -0.491 e. The molecule has 2 amide bonds. The molecule has 5 atom stereocenters. The molecular weight excluding hydrogens is 846 g/mol. The number of benzene rings is 1. The second kappa shape index (κ2) is 20.1. The third kappa shape index (κ3) is 12.6. The zero-order valence-corrected chi connectivity index (χ0v) is 31.6. The number of nitrogens with zero attached hydrogens (tertiary/aromatic N) is 6. The molecule has 1 saturated heterocycles. The number of para-hydroxylation sites is 1. The van der Waals surface area contributed by atoms with Gasteiger partial charge in [-0.1, -0.05) is 6.07 Å². The average molecular weight is 884 g/mol. The smallest absolute Gasteiger partial charge is 0.491 e. The summed E-state index contributed by atoms with van der Waals surface area (Å²) in [5.41, 5.74) is -0.591. The van der Waals surface area contributed by atoms with Gasteiger partial charge in [-0.05, 0) is 37.2 Å². The van der Waals surface area contributed by atoms with Gasteiger partial charge in [-0.15, -0.1) is 13.2 Å². The number of carbonyl (C=O) groups excluding carboxylic acids is 2. The van der Waals surface area contributed by atoms with Gasteiger partial charge in [0.15, 0.2) is 32.1 Å². The van der Waals surface area contributed by atoms with Crippen LogP contribution in [0.1, 0.15) is 28.2 Å². The van der Waals surface area contributed by atoms with Crippen molar-refractivity contribution in [2.45, 2.75) is 56.4 Å². The van der Waals surface area contributed by atoms with E-state index in [1.54, 1.807) is 6.66 Å². The third-order valence-corrected chi connectivity index (χ3v) is 9.23. The van der Waals surface area contributed by atoms with E-state index < -0.39 is 118 Å². The van der Waals surface area contributed by atoms with Crippen molar-refractivity contribution in [1.82, 2.24) is 14.5 Å². The molecule has 58 heavy (non-hydrogen) atoms. The summed E-state index contributed by atoms with van der Waals surface area (Å²) in [6.07, 6.45) is -18.0. The Morgan fingerprint density at radius 1 is 1.17 bits per heavy atom. The van der Waals surface area contributed by atoms with Gasteiger partial charge in [0.1, 0.15) is 30.4 Å². The molecule has 0 bridgehead atoms. The van der Waals surface area contributed by atoms with Gasteiger partial charge < -0.3 is 42.5 Å². The molecule has 3 heterocycles. The highest BCUT2D eigenvalue weighted by molar-refractivity contribution is 7.71. The Balaban J connectivity index is 1.56. The maximum Gasteiger partial charge on any atom is 0.573 e. The van der Waals surface area contributed by atoms with Crippen LogP contribution in [0.2, 0.25) is 0 Å². The fourth-order valence-corrected chi connectivity index (χ4v) is 6.71. The molecule has 1 fully saturated rings. The first-order valence-electron chi connectivity index (χ1n) is 17.8. The van der Waals surface area contributed by atoms with Gasteiger partial charge in [0, 0.05) is 39.8 Å². The van der Waals surface area contributed by atoms with Crippen molar-refractivity contribution in [1.29, 1.82) is 0 Å². The predicted molar refractivity (Wildman–Crippen MR) is 186 cm³/mol. The Morgan fingerprint density at radius 3 is 2.59 bits per heavy atom. The van der Waals surface area contributed by atoms with Crippen LogP contribution in [0.3, 0.4) is 0 Å². The Hall–Kier alpha value is -4.34. The number of halogens is 9. The monoisotopic (exact) mass is 883 g/mol. The first-order valence-corrected chi connectivity index (χ1v) is 18.7. The van der Waals surface area contributed by atoms with Gasteiger partial charge in [0.2, 0.25) is 11.3 Å². The second-order valence-electron chi connectivity index (χ2n) is 11.9. The standard InChI is InChI=1S/C32H34F9N6O9PS/c1-42-10-14-53-57(3)56-21-15-24(55-23(21)17-50-2)46-16-22-26(44-29(46)58)47(28(49)31(36,37)38)25-19(7-4-8-20(25)54-22)51-13-6-12-45(27(48)30(33,34)35)11-5-9-43-18-52-32(39,40)41/h4,7-8,16,18,21,23-24H,5-6,9-15,17H2,2-3H3/t21?,23-,24-,57?/m1/s1/i2TD/t2?,21?,23-,24-,57?. The molecule has 3 unspecified atom stereocenters. The summed E-state index contributed by atoms with van der Waals surface area (Å²) in [5.74, 6) is -6.60. The van der Waals surface area contributed by atoms with Crippen LogP contribution in [0.25, 0.3) is 4.85 Å². The summed E-state index contributed by atoms with van der Waals surface area (Å²) in [6, 6.07) is 3.61. The van der Waals surface area contributed by atoms with Crippen LogP contribution in [0, 0.1) is 11.3 Å². The second-order valence-corrected chi connectivity index (χ2v) is 13.6. The number of alkyl halides is 9. The van der Waals surface area contributed by atoms with E-state index in [9.17, 15) is 49.1 Å². The quantitative estimate of drug-likeness (QED) is 0.0285. The Morgan fingerprint density at radius 2 is 1.91 bits per heavy atom. The molecule has 0 spiro atoms. The number of fused-ring (bicyclic) bond motifs is 2. The highest BCUT2D eigenvalue weighted by Gasteiger charge is 2.49. The lowest BCUT2D eigenvalue weighted by Crippen LogP contribution is -2.42. The number of methoxy groups -OCH3 is 1. The largest absolute Gasteiger partial charge is 0.573 e. The van der Waals surface area contributed by atoms with E-state index in [2.05, 4.69) is 19.6 Å². The minimum absolute atomic E-state index is 0.0267. The van der Waals surface area contributed by atoms with Crippen LogP contribution < -0.4 is 14.4 Å². The predicted octanol–water partition coefficient (Wildman–Crippen LogP) is 7.26. The maximum atomic E-state index is 14.2. The molecule has 2 aliphatic heterocycles. The van der Waals surface area contributed by atoms with E-state index in [0.29, 0.717) is 4.90 Å². The van der Waals surface area contributed by atoms with Crippen LogP contribution >= 0.6 is 20.6 Å². The van der Waals surface area contributed by atoms with Crippen LogP contribution in [0.4, 0.5) is 51.0 Å². The van der Waals surface area contributed by atoms with Crippen LogP contribution in [-0.2, 0) is 32.8 Å². The number of hydrogen-bond donors (Lipinski definition) is 0. The van der Waals surface area contributed by atoms with E-state index in [0.717, 1.165) is 12.3 Å². The Bertz CT molecular complexity index is 1940. The van der Waals surface area contributed by atoms with Crippen molar-refractivity contribution in [2.24, 2.45) is 4.99 Å². The highest BCUT2D eigenvalue weighted by atomic mass is 32.1. The Labute approximate surface area is 333 Å². The number of anilines is 2. The SMILES string of the molecule is [2H]C([3H])OC[C@H]1O[C@@H](n2cc3c(nc2=S)N(C(=O)C(F)(F)F)c2c(OCCCN(CCCN=COC(F)(F)F)C(=O)C(F)(F)F)cccc2O3)CC1OP(C)OCC[N+]#[C-]. The molecule has 2 aromatic rings. The lowest BCUT2D eigenvalue weighted by Gasteiger charge is -2.32. The first kappa shape index (κ1) is 43.2. The van der Waals surface area contributed by atoms with E-state index in [1.165, 1.54) is 16.7 Å². The zero-order valence-electron chi connectivity index (χ0n) is 31.9. The van der Waals surface area contributed by atoms with Crippen molar-refractivity contribution >= 4 is 50.3 Å². The number of aromatic nitrogens is 2. The number of aliphatic imine (C=N–C) groups is 1. The van der Waals surface area contributed by atoms with Gasteiger partial charge in [-0.3, -0.25) is 19.1 Å². The summed E-state index contributed by atoms with van der Waals surface area (Å²) >= 11 is 5.42. The lowest BCUT2D eigenvalue weighted by molar-refractivity contribution is -0.280.